The first-order valence-electron chi connectivity index (χ1n) is 3.53. The predicted molar refractivity (Wildman–Crippen MR) is 43.9 cm³/mol. The molecular formula is C9H16O. The van der Waals surface area contributed by atoms with Gasteiger partial charge in [-0.15, -0.1) is 0 Å². The molecule has 10 heavy (non-hydrogen) atoms. The Morgan fingerprint density at radius 3 is 1.70 bits per heavy atom. The molecular weight excluding hydrogens is 124 g/mol. The van der Waals surface area contributed by atoms with Crippen molar-refractivity contribution in [2.75, 3.05) is 0 Å². The van der Waals surface area contributed by atoms with Crippen LogP contribution in [0.4, 0.5) is 0 Å². The molecule has 0 aromatic rings. The van der Waals surface area contributed by atoms with Gasteiger partial charge < -0.3 is 0 Å². The van der Waals surface area contributed by atoms with Crippen LogP contribution in [0.5, 0.6) is 0 Å². The van der Waals surface area contributed by atoms with Crippen molar-refractivity contribution in [3.05, 3.63) is 11.6 Å². The number of rotatable bonds is 2. The normalized spacial score (nSPS) is 10.9. The van der Waals surface area contributed by atoms with Gasteiger partial charge in [-0.1, -0.05) is 11.6 Å². The van der Waals surface area contributed by atoms with Gasteiger partial charge in [0.15, 0.2) is 0 Å². The highest BCUT2D eigenvalue weighted by Crippen LogP contribution is 2.19. The van der Waals surface area contributed by atoms with Crippen LogP contribution < -0.4 is 0 Å². The first-order valence-corrected chi connectivity index (χ1v) is 3.53. The van der Waals surface area contributed by atoms with E-state index in [0.29, 0.717) is 0 Å². The summed E-state index contributed by atoms with van der Waals surface area (Å²) in [7, 11) is 0. The van der Waals surface area contributed by atoms with Crippen LogP contribution in [0.1, 0.15) is 34.6 Å². The first-order chi connectivity index (χ1) is 4.36. The van der Waals surface area contributed by atoms with Crippen molar-refractivity contribution in [1.82, 2.24) is 0 Å². The zero-order valence-corrected chi connectivity index (χ0v) is 7.49. The summed E-state index contributed by atoms with van der Waals surface area (Å²) >= 11 is 0. The quantitative estimate of drug-likeness (QED) is 0.539. The number of ketones is 1. The monoisotopic (exact) mass is 140 g/mol. The molecule has 0 heterocycles. The highest BCUT2D eigenvalue weighted by atomic mass is 16.1. The van der Waals surface area contributed by atoms with Gasteiger partial charge in [0.1, 0.15) is 5.78 Å². The van der Waals surface area contributed by atoms with Crippen molar-refractivity contribution in [2.45, 2.75) is 34.6 Å². The van der Waals surface area contributed by atoms with Gasteiger partial charge in [0, 0.05) is 5.41 Å². The summed E-state index contributed by atoms with van der Waals surface area (Å²) < 4.78 is 0. The second-order valence-corrected chi connectivity index (χ2v) is 3.50. The standard InChI is InChI=1S/C9H16O/c1-7(2)6-9(4,5)8(3)10/h6H,1-5H3. The van der Waals surface area contributed by atoms with Gasteiger partial charge in [-0.25, -0.2) is 0 Å². The van der Waals surface area contributed by atoms with Gasteiger partial charge >= 0.3 is 0 Å². The maximum Gasteiger partial charge on any atom is 0.139 e. The lowest BCUT2D eigenvalue weighted by Crippen LogP contribution is -2.18. The minimum absolute atomic E-state index is 0.216. The van der Waals surface area contributed by atoms with Crippen LogP contribution in [0.2, 0.25) is 0 Å². The average molecular weight is 140 g/mol. The molecule has 0 rings (SSSR count). The summed E-state index contributed by atoms with van der Waals surface area (Å²) in [5.41, 5.74) is 0.916. The minimum atomic E-state index is -0.279. The third-order valence-corrected chi connectivity index (χ3v) is 1.56. The SMILES string of the molecule is CC(=O)C(C)(C)C=C(C)C. The molecule has 0 unspecified atom stereocenters. The van der Waals surface area contributed by atoms with Crippen LogP contribution in [0, 0.1) is 5.41 Å². The predicted octanol–water partition coefficient (Wildman–Crippen LogP) is 2.57. The lowest BCUT2D eigenvalue weighted by molar-refractivity contribution is -0.122. The van der Waals surface area contributed by atoms with Gasteiger partial charge in [0.2, 0.25) is 0 Å². The van der Waals surface area contributed by atoms with Crippen molar-refractivity contribution in [3.63, 3.8) is 0 Å². The van der Waals surface area contributed by atoms with E-state index in [1.807, 2.05) is 33.8 Å². The number of hydrogen-bond acceptors (Lipinski definition) is 1. The van der Waals surface area contributed by atoms with E-state index in [0.717, 1.165) is 0 Å². The zero-order chi connectivity index (χ0) is 8.36. The molecule has 0 aliphatic carbocycles. The maximum atomic E-state index is 11.0. The topological polar surface area (TPSA) is 17.1 Å². The van der Waals surface area contributed by atoms with E-state index in [4.69, 9.17) is 0 Å². The minimum Gasteiger partial charge on any atom is -0.299 e. The fourth-order valence-corrected chi connectivity index (χ4v) is 0.823. The van der Waals surface area contributed by atoms with Gasteiger partial charge in [-0.3, -0.25) is 4.79 Å². The third kappa shape index (κ3) is 2.81. The molecule has 0 aromatic carbocycles. The fraction of sp³-hybridized carbons (Fsp3) is 0.667. The molecule has 0 aliphatic rings. The largest absolute Gasteiger partial charge is 0.299 e. The Morgan fingerprint density at radius 1 is 1.20 bits per heavy atom. The number of allylic oxidation sites excluding steroid dienone is 2. The summed E-state index contributed by atoms with van der Waals surface area (Å²) in [5, 5.41) is 0. The zero-order valence-electron chi connectivity index (χ0n) is 7.49. The van der Waals surface area contributed by atoms with E-state index in [2.05, 4.69) is 0 Å². The third-order valence-electron chi connectivity index (χ3n) is 1.56. The van der Waals surface area contributed by atoms with Gasteiger partial charge in [-0.05, 0) is 34.6 Å². The van der Waals surface area contributed by atoms with Gasteiger partial charge in [-0.2, -0.15) is 0 Å². The smallest absolute Gasteiger partial charge is 0.139 e. The van der Waals surface area contributed by atoms with E-state index >= 15 is 0 Å². The van der Waals surface area contributed by atoms with Crippen LogP contribution >= 0.6 is 0 Å². The number of carbonyl (C=O) groups excluding carboxylic acids is 1. The Balaban J connectivity index is 4.42. The van der Waals surface area contributed by atoms with E-state index < -0.39 is 0 Å². The number of Topliss-reactive ketones (excluding diaryl/α,β-unsaturated/α-hetero) is 1. The van der Waals surface area contributed by atoms with Crippen molar-refractivity contribution < 1.29 is 4.79 Å². The van der Waals surface area contributed by atoms with Crippen molar-refractivity contribution in [3.8, 4) is 0 Å². The molecule has 0 radical (unpaired) electrons. The highest BCUT2D eigenvalue weighted by Gasteiger charge is 2.19. The van der Waals surface area contributed by atoms with Gasteiger partial charge in [0.05, 0.1) is 0 Å². The highest BCUT2D eigenvalue weighted by molar-refractivity contribution is 5.83. The maximum absolute atomic E-state index is 11.0. The number of hydrogen-bond donors (Lipinski definition) is 0. The van der Waals surface area contributed by atoms with Crippen LogP contribution in [0.25, 0.3) is 0 Å². The molecule has 0 amide bonds. The van der Waals surface area contributed by atoms with Crippen LogP contribution in [-0.4, -0.2) is 5.78 Å². The van der Waals surface area contributed by atoms with E-state index in [1.54, 1.807) is 6.92 Å². The van der Waals surface area contributed by atoms with Gasteiger partial charge in [0.25, 0.3) is 0 Å². The lowest BCUT2D eigenvalue weighted by Gasteiger charge is -2.16. The molecule has 0 atom stereocenters. The summed E-state index contributed by atoms with van der Waals surface area (Å²) in [6, 6.07) is 0. The van der Waals surface area contributed by atoms with Crippen LogP contribution in [0.3, 0.4) is 0 Å². The molecule has 0 bridgehead atoms. The Bertz CT molecular complexity index is 160. The van der Waals surface area contributed by atoms with E-state index in [1.165, 1.54) is 5.57 Å². The Kier molecular flexibility index (Phi) is 2.82. The average Bonchev–Trinajstić information content (AvgIpc) is 1.60. The van der Waals surface area contributed by atoms with Crippen LogP contribution in [-0.2, 0) is 4.79 Å². The summed E-state index contributed by atoms with van der Waals surface area (Å²) in [6.45, 7) is 9.50. The second kappa shape index (κ2) is 3.00. The molecule has 0 aliphatic heterocycles. The van der Waals surface area contributed by atoms with Crippen LogP contribution in [0.15, 0.2) is 11.6 Å². The van der Waals surface area contributed by atoms with E-state index in [9.17, 15) is 4.79 Å². The molecule has 58 valence electrons. The molecule has 0 aromatic heterocycles. The Labute approximate surface area is 63.1 Å². The van der Waals surface area contributed by atoms with Crippen molar-refractivity contribution in [2.24, 2.45) is 5.41 Å². The molecule has 0 N–H and O–H groups in total. The fourth-order valence-electron chi connectivity index (χ4n) is 0.823. The Morgan fingerprint density at radius 2 is 1.60 bits per heavy atom. The van der Waals surface area contributed by atoms with Crippen molar-refractivity contribution >= 4 is 5.78 Å². The van der Waals surface area contributed by atoms with E-state index in [-0.39, 0.29) is 11.2 Å². The molecule has 1 heteroatoms. The molecule has 1 nitrogen and oxygen atoms in total. The van der Waals surface area contributed by atoms with Crippen molar-refractivity contribution in [1.29, 1.82) is 0 Å². The summed E-state index contributed by atoms with van der Waals surface area (Å²) in [4.78, 5) is 11.0. The lowest BCUT2D eigenvalue weighted by atomic mass is 9.87. The summed E-state index contributed by atoms with van der Waals surface area (Å²) in [5.74, 6) is 0.216. The Hall–Kier alpha value is -0.590. The molecule has 0 spiro atoms. The number of carbonyl (C=O) groups is 1. The molecule has 0 fully saturated rings. The molecule has 0 saturated carbocycles. The summed E-state index contributed by atoms with van der Waals surface area (Å²) in [6.07, 6.45) is 2.00. The molecule has 0 saturated heterocycles. The second-order valence-electron chi connectivity index (χ2n) is 3.50. The first kappa shape index (κ1) is 9.41.